The summed E-state index contributed by atoms with van der Waals surface area (Å²) in [4.78, 5) is 0. The molecule has 1 rings (SSSR count). The van der Waals surface area contributed by atoms with Crippen LogP contribution in [-0.2, 0) is 0 Å². The van der Waals surface area contributed by atoms with E-state index < -0.39 is 37.2 Å². The van der Waals surface area contributed by atoms with Crippen LogP contribution in [0.3, 0.4) is 0 Å². The van der Waals surface area contributed by atoms with Crippen LogP contribution in [0.4, 0.5) is 0 Å². The lowest BCUT2D eigenvalue weighted by Crippen LogP contribution is -2.71. The molecule has 0 saturated carbocycles. The fourth-order valence-electron chi connectivity index (χ4n) is 1.26. The third-order valence-corrected chi connectivity index (χ3v) is 2.51. The summed E-state index contributed by atoms with van der Waals surface area (Å²) >= 11 is 4.71. The van der Waals surface area contributed by atoms with E-state index in [4.69, 9.17) is 22.4 Å². The van der Waals surface area contributed by atoms with E-state index in [1.807, 2.05) is 0 Å². The van der Waals surface area contributed by atoms with E-state index in [2.05, 4.69) is 21.7 Å². The first kappa shape index (κ1) is 14.5. The first-order chi connectivity index (χ1) is 7.97. The Bertz CT molecular complexity index is 261. The zero-order valence-corrected chi connectivity index (χ0v) is 9.55. The van der Waals surface area contributed by atoms with E-state index in [1.54, 1.807) is 0 Å². The fraction of sp³-hybridized carbons (Fsp3) is 0.857. The normalized spacial score (nSPS) is 24.4. The second-order valence-corrected chi connectivity index (χ2v) is 3.98. The Morgan fingerprint density at radius 2 is 1.59 bits per heavy atom. The lowest BCUT2D eigenvalue weighted by molar-refractivity contribution is -0.126. The van der Waals surface area contributed by atoms with Crippen LogP contribution < -0.4 is 21.7 Å². The molecule has 0 spiro atoms. The van der Waals surface area contributed by atoms with Gasteiger partial charge >= 0.3 is 0 Å². The molecular formula is C7H16N4O5S. The molecule has 1 saturated heterocycles. The van der Waals surface area contributed by atoms with Gasteiger partial charge in [-0.15, -0.1) is 0 Å². The molecule has 10 heteroatoms. The van der Waals surface area contributed by atoms with Gasteiger partial charge < -0.3 is 25.5 Å². The number of rotatable bonds is 5. The summed E-state index contributed by atoms with van der Waals surface area (Å²) < 4.78 is 0. The van der Waals surface area contributed by atoms with Crippen LogP contribution in [0.1, 0.15) is 0 Å². The van der Waals surface area contributed by atoms with Crippen molar-refractivity contribution < 1.29 is 25.5 Å². The number of thiocarbonyl (C=S) groups is 1. The maximum Gasteiger partial charge on any atom is 0.195 e. The molecule has 1 fully saturated rings. The first-order valence-electron chi connectivity index (χ1n) is 4.87. The van der Waals surface area contributed by atoms with E-state index in [1.165, 1.54) is 0 Å². The van der Waals surface area contributed by atoms with Gasteiger partial charge in [0, 0.05) is 0 Å². The van der Waals surface area contributed by atoms with Gasteiger partial charge in [0.25, 0.3) is 0 Å². The van der Waals surface area contributed by atoms with Crippen molar-refractivity contribution >= 4 is 17.3 Å². The summed E-state index contributed by atoms with van der Waals surface area (Å²) in [5.74, 6) is 0. The molecule has 0 aromatic heterocycles. The maximum atomic E-state index is 9.69. The molecule has 9 nitrogen and oxygen atoms in total. The van der Waals surface area contributed by atoms with Crippen LogP contribution >= 0.6 is 12.2 Å². The van der Waals surface area contributed by atoms with E-state index in [-0.39, 0.29) is 5.11 Å². The largest absolute Gasteiger partial charge is 0.394 e. The number of nitrogens with one attached hydrogen (secondary N) is 4. The van der Waals surface area contributed by atoms with Gasteiger partial charge in [-0.1, -0.05) is 0 Å². The number of aliphatic hydroxyl groups excluding tert-OH is 5. The molecule has 1 heterocycles. The van der Waals surface area contributed by atoms with Crippen molar-refractivity contribution in [1.82, 2.24) is 21.7 Å². The van der Waals surface area contributed by atoms with Crippen LogP contribution in [0.15, 0.2) is 0 Å². The molecule has 4 atom stereocenters. The summed E-state index contributed by atoms with van der Waals surface area (Å²) in [5.41, 5.74) is 10.0. The van der Waals surface area contributed by atoms with E-state index in [9.17, 15) is 15.3 Å². The van der Waals surface area contributed by atoms with Crippen molar-refractivity contribution in [3.63, 3.8) is 0 Å². The highest BCUT2D eigenvalue weighted by Gasteiger charge is 2.35. The van der Waals surface area contributed by atoms with Crippen LogP contribution in [-0.4, -0.2) is 67.8 Å². The molecule has 0 radical (unpaired) electrons. The van der Waals surface area contributed by atoms with Gasteiger partial charge in [0.15, 0.2) is 5.11 Å². The Hall–Kier alpha value is -0.590. The van der Waals surface area contributed by atoms with E-state index in [0.717, 1.165) is 0 Å². The number of aliphatic hydroxyl groups is 5. The van der Waals surface area contributed by atoms with Crippen LogP contribution in [0.2, 0.25) is 0 Å². The minimum atomic E-state index is -1.67. The molecule has 0 bridgehead atoms. The predicted molar refractivity (Wildman–Crippen MR) is 60.0 cm³/mol. The predicted octanol–water partition coefficient (Wildman–Crippen LogP) is -4.76. The average molecular weight is 268 g/mol. The summed E-state index contributed by atoms with van der Waals surface area (Å²) in [6, 6.07) is 0. The molecule has 1 aliphatic heterocycles. The minimum absolute atomic E-state index is 0.249. The van der Waals surface area contributed by atoms with Gasteiger partial charge in [0.2, 0.25) is 0 Å². The van der Waals surface area contributed by atoms with Gasteiger partial charge in [0.1, 0.15) is 30.6 Å². The zero-order chi connectivity index (χ0) is 13.0. The van der Waals surface area contributed by atoms with E-state index in [0.29, 0.717) is 0 Å². The summed E-state index contributed by atoms with van der Waals surface area (Å²) in [6.45, 7) is -0.725. The lowest BCUT2D eigenvalue weighted by Gasteiger charge is -2.35. The molecular weight excluding hydrogens is 252 g/mol. The van der Waals surface area contributed by atoms with Gasteiger partial charge in [-0.3, -0.25) is 10.9 Å². The van der Waals surface area contributed by atoms with Crippen molar-refractivity contribution in [3.8, 4) is 0 Å². The van der Waals surface area contributed by atoms with Gasteiger partial charge in [0.05, 0.1) is 6.61 Å². The minimum Gasteiger partial charge on any atom is -0.394 e. The Labute approximate surface area is 102 Å². The highest BCUT2D eigenvalue weighted by atomic mass is 32.1. The van der Waals surface area contributed by atoms with Crippen LogP contribution in [0, 0.1) is 0 Å². The van der Waals surface area contributed by atoms with Gasteiger partial charge in [-0.05, 0) is 12.2 Å². The monoisotopic (exact) mass is 268 g/mol. The lowest BCUT2D eigenvalue weighted by atomic mass is 10.0. The molecule has 1 aliphatic rings. The van der Waals surface area contributed by atoms with Gasteiger partial charge in [-0.25, -0.2) is 10.9 Å². The second kappa shape index (κ2) is 6.37. The van der Waals surface area contributed by atoms with Crippen molar-refractivity contribution in [2.24, 2.45) is 0 Å². The molecule has 9 N–H and O–H groups in total. The molecule has 0 unspecified atom stereocenters. The Morgan fingerprint density at radius 1 is 1.06 bits per heavy atom. The fourth-order valence-corrected chi connectivity index (χ4v) is 1.38. The number of hydrazine groups is 2. The smallest absolute Gasteiger partial charge is 0.195 e. The van der Waals surface area contributed by atoms with Crippen molar-refractivity contribution in [3.05, 3.63) is 0 Å². The molecule has 0 aromatic carbocycles. The summed E-state index contributed by atoms with van der Waals surface area (Å²) in [6.07, 6.45) is -7.17. The Morgan fingerprint density at radius 3 is 2.06 bits per heavy atom. The third kappa shape index (κ3) is 3.69. The summed E-state index contributed by atoms with van der Waals surface area (Å²) in [7, 11) is 0. The SMILES string of the molecule is OC[C@H](O)[C@H](O)[C@H](O)[C@@H](O)C1NNC(=S)NN1. The molecule has 0 aliphatic carbocycles. The topological polar surface area (TPSA) is 149 Å². The third-order valence-electron chi connectivity index (χ3n) is 2.31. The van der Waals surface area contributed by atoms with Crippen molar-refractivity contribution in [2.75, 3.05) is 6.61 Å². The average Bonchev–Trinajstić information content (AvgIpc) is 2.36. The number of hydrogen-bond donors (Lipinski definition) is 9. The van der Waals surface area contributed by atoms with Gasteiger partial charge in [-0.2, -0.15) is 0 Å². The summed E-state index contributed by atoms with van der Waals surface area (Å²) in [5, 5.41) is 46.6. The standard InChI is InChI=1S/C7H16N4O5S/c12-1-2(13)3(14)4(15)5(16)6-8-10-7(17)11-9-6/h2-6,8-9,12-16H,1H2,(H2,10,11,17)/t2-,3-,4-,5+/m0/s1. The highest BCUT2D eigenvalue weighted by Crippen LogP contribution is 2.07. The van der Waals surface area contributed by atoms with Crippen molar-refractivity contribution in [2.45, 2.75) is 30.6 Å². The van der Waals surface area contributed by atoms with Crippen molar-refractivity contribution in [1.29, 1.82) is 0 Å². The zero-order valence-electron chi connectivity index (χ0n) is 8.74. The first-order valence-corrected chi connectivity index (χ1v) is 5.28. The van der Waals surface area contributed by atoms with Crippen LogP contribution in [0.5, 0.6) is 0 Å². The number of hydrogen-bond acceptors (Lipinski definition) is 8. The second-order valence-electron chi connectivity index (χ2n) is 3.57. The quantitative estimate of drug-likeness (QED) is 0.222. The molecule has 100 valence electrons. The molecule has 0 aromatic rings. The van der Waals surface area contributed by atoms with Crippen LogP contribution in [0.25, 0.3) is 0 Å². The van der Waals surface area contributed by atoms with E-state index >= 15 is 0 Å². The molecule has 0 amide bonds. The Balaban J connectivity index is 2.50. The highest BCUT2D eigenvalue weighted by molar-refractivity contribution is 7.80. The maximum absolute atomic E-state index is 9.69. The Kier molecular flexibility index (Phi) is 5.42. The molecule has 17 heavy (non-hydrogen) atoms.